The van der Waals surface area contributed by atoms with Crippen molar-refractivity contribution in [3.8, 4) is 5.88 Å². The van der Waals surface area contributed by atoms with Crippen molar-refractivity contribution in [1.29, 1.82) is 0 Å². The second-order valence-electron chi connectivity index (χ2n) is 6.78. The number of urea groups is 1. The Kier molecular flexibility index (Phi) is 4.29. The van der Waals surface area contributed by atoms with Crippen molar-refractivity contribution in [3.05, 3.63) is 41.3 Å². The van der Waals surface area contributed by atoms with Gasteiger partial charge in [0.05, 0.1) is 25.0 Å². The van der Waals surface area contributed by atoms with Crippen molar-refractivity contribution in [1.82, 2.24) is 25.4 Å². The summed E-state index contributed by atoms with van der Waals surface area (Å²) >= 11 is 0. The standard InChI is InChI=1S/C18H23N5O2/c1-25-17-15(3-2-7-19-17)13-6-8-23(11-13)18(24)20-10-14-9-16(22-21-14)12-4-5-12/h2-3,7,9,12-13H,4-6,8,10-11H2,1H3,(H,20,24)(H,21,22). The summed E-state index contributed by atoms with van der Waals surface area (Å²) in [4.78, 5) is 18.5. The number of hydrogen-bond acceptors (Lipinski definition) is 4. The highest BCUT2D eigenvalue weighted by Gasteiger charge is 2.30. The lowest BCUT2D eigenvalue weighted by Gasteiger charge is -2.18. The van der Waals surface area contributed by atoms with Crippen molar-refractivity contribution in [2.24, 2.45) is 0 Å². The fraction of sp³-hybridized carbons (Fsp3) is 0.500. The fourth-order valence-electron chi connectivity index (χ4n) is 3.42. The molecule has 0 aromatic carbocycles. The van der Waals surface area contributed by atoms with Crippen molar-refractivity contribution in [2.45, 2.75) is 37.6 Å². The molecule has 1 aliphatic heterocycles. The molecule has 0 spiro atoms. The van der Waals surface area contributed by atoms with E-state index in [1.165, 1.54) is 12.8 Å². The molecule has 2 aromatic heterocycles. The predicted octanol–water partition coefficient (Wildman–Crippen LogP) is 2.39. The van der Waals surface area contributed by atoms with E-state index in [1.807, 2.05) is 17.0 Å². The summed E-state index contributed by atoms with van der Waals surface area (Å²) in [5.74, 6) is 1.54. The highest BCUT2D eigenvalue weighted by Crippen LogP contribution is 2.39. The van der Waals surface area contributed by atoms with Crippen LogP contribution < -0.4 is 10.1 Å². The highest BCUT2D eigenvalue weighted by atomic mass is 16.5. The van der Waals surface area contributed by atoms with Crippen LogP contribution in [-0.2, 0) is 6.54 Å². The van der Waals surface area contributed by atoms with Gasteiger partial charge in [0.2, 0.25) is 5.88 Å². The summed E-state index contributed by atoms with van der Waals surface area (Å²) in [5.41, 5.74) is 3.15. The Morgan fingerprint density at radius 3 is 3.08 bits per heavy atom. The SMILES string of the molecule is COc1ncccc1C1CCN(C(=O)NCc2cc(C3CC3)n[nH]2)C1. The minimum absolute atomic E-state index is 0.0343. The predicted molar refractivity (Wildman–Crippen MR) is 92.5 cm³/mol. The van der Waals surface area contributed by atoms with Crippen LogP contribution in [0.15, 0.2) is 24.4 Å². The fourth-order valence-corrected chi connectivity index (χ4v) is 3.42. The number of aromatic nitrogens is 3. The number of likely N-dealkylation sites (tertiary alicyclic amines) is 1. The Morgan fingerprint density at radius 1 is 1.40 bits per heavy atom. The molecule has 7 heteroatoms. The van der Waals surface area contributed by atoms with Gasteiger partial charge in [-0.05, 0) is 31.4 Å². The number of hydrogen-bond donors (Lipinski definition) is 2. The Labute approximate surface area is 146 Å². The number of aromatic amines is 1. The van der Waals surface area contributed by atoms with Crippen LogP contribution in [0.4, 0.5) is 4.79 Å². The van der Waals surface area contributed by atoms with Gasteiger partial charge in [-0.3, -0.25) is 5.10 Å². The second-order valence-corrected chi connectivity index (χ2v) is 6.78. The molecule has 4 rings (SSSR count). The average Bonchev–Trinajstić information content (AvgIpc) is 3.19. The van der Waals surface area contributed by atoms with Gasteiger partial charge < -0.3 is 15.0 Å². The molecule has 1 saturated heterocycles. The van der Waals surface area contributed by atoms with Gasteiger partial charge in [-0.2, -0.15) is 5.10 Å². The molecule has 1 saturated carbocycles. The lowest BCUT2D eigenvalue weighted by Crippen LogP contribution is -2.38. The maximum absolute atomic E-state index is 12.4. The quantitative estimate of drug-likeness (QED) is 0.875. The topological polar surface area (TPSA) is 83.1 Å². The normalized spacial score (nSPS) is 19.9. The largest absolute Gasteiger partial charge is 0.481 e. The molecule has 2 aliphatic rings. The molecule has 0 bridgehead atoms. The molecular formula is C18H23N5O2. The zero-order valence-electron chi connectivity index (χ0n) is 14.4. The van der Waals surface area contributed by atoms with Gasteiger partial charge in [0.1, 0.15) is 0 Å². The molecule has 2 fully saturated rings. The molecule has 2 aromatic rings. The molecule has 7 nitrogen and oxygen atoms in total. The van der Waals surface area contributed by atoms with Gasteiger partial charge in [0, 0.05) is 36.7 Å². The molecule has 25 heavy (non-hydrogen) atoms. The first kappa shape index (κ1) is 15.9. The average molecular weight is 341 g/mol. The Hall–Kier alpha value is -2.57. The van der Waals surface area contributed by atoms with Crippen LogP contribution >= 0.6 is 0 Å². The van der Waals surface area contributed by atoms with Gasteiger partial charge in [-0.15, -0.1) is 0 Å². The van der Waals surface area contributed by atoms with E-state index in [4.69, 9.17) is 4.74 Å². The van der Waals surface area contributed by atoms with E-state index in [0.717, 1.165) is 29.9 Å². The van der Waals surface area contributed by atoms with E-state index >= 15 is 0 Å². The molecule has 3 heterocycles. The number of carbonyl (C=O) groups is 1. The summed E-state index contributed by atoms with van der Waals surface area (Å²) in [7, 11) is 1.63. The first-order chi connectivity index (χ1) is 12.2. The lowest BCUT2D eigenvalue weighted by atomic mass is 10.00. The zero-order chi connectivity index (χ0) is 17.2. The lowest BCUT2D eigenvalue weighted by molar-refractivity contribution is 0.207. The van der Waals surface area contributed by atoms with Crippen molar-refractivity contribution >= 4 is 6.03 Å². The van der Waals surface area contributed by atoms with E-state index < -0.39 is 0 Å². The smallest absolute Gasteiger partial charge is 0.317 e. The molecule has 1 unspecified atom stereocenters. The van der Waals surface area contributed by atoms with Crippen LogP contribution in [-0.4, -0.2) is 46.3 Å². The van der Waals surface area contributed by atoms with Crippen LogP contribution in [0.2, 0.25) is 0 Å². The van der Waals surface area contributed by atoms with Crippen molar-refractivity contribution in [2.75, 3.05) is 20.2 Å². The number of carbonyl (C=O) groups excluding carboxylic acids is 1. The number of ether oxygens (including phenoxy) is 1. The van der Waals surface area contributed by atoms with Gasteiger partial charge in [0.15, 0.2) is 0 Å². The van der Waals surface area contributed by atoms with E-state index in [9.17, 15) is 4.79 Å². The first-order valence-electron chi connectivity index (χ1n) is 8.80. The molecule has 2 N–H and O–H groups in total. The summed E-state index contributed by atoms with van der Waals surface area (Å²) in [6.07, 6.45) is 5.10. The minimum Gasteiger partial charge on any atom is -0.481 e. The Morgan fingerprint density at radius 2 is 2.28 bits per heavy atom. The Bertz CT molecular complexity index is 755. The maximum Gasteiger partial charge on any atom is 0.317 e. The second kappa shape index (κ2) is 6.74. The first-order valence-corrected chi connectivity index (χ1v) is 8.80. The van der Waals surface area contributed by atoms with Crippen LogP contribution in [0, 0.1) is 0 Å². The number of H-pyrrole nitrogens is 1. The third kappa shape index (κ3) is 3.45. The molecule has 2 amide bonds. The third-order valence-electron chi connectivity index (χ3n) is 4.99. The minimum atomic E-state index is -0.0343. The summed E-state index contributed by atoms with van der Waals surface area (Å²) in [6.45, 7) is 1.91. The zero-order valence-corrected chi connectivity index (χ0v) is 14.4. The van der Waals surface area contributed by atoms with Crippen molar-refractivity contribution < 1.29 is 9.53 Å². The number of nitrogens with zero attached hydrogens (tertiary/aromatic N) is 3. The monoisotopic (exact) mass is 341 g/mol. The molecule has 1 atom stereocenters. The molecule has 0 radical (unpaired) electrons. The van der Waals surface area contributed by atoms with Crippen LogP contribution in [0.1, 0.15) is 48.0 Å². The van der Waals surface area contributed by atoms with Gasteiger partial charge in [0.25, 0.3) is 0 Å². The summed E-state index contributed by atoms with van der Waals surface area (Å²) in [5, 5.41) is 10.3. The van der Waals surface area contributed by atoms with Crippen LogP contribution in [0.25, 0.3) is 0 Å². The number of nitrogens with one attached hydrogen (secondary N) is 2. The van der Waals surface area contributed by atoms with E-state index in [2.05, 4.69) is 26.6 Å². The van der Waals surface area contributed by atoms with Gasteiger partial charge in [-0.25, -0.2) is 9.78 Å². The van der Waals surface area contributed by atoms with Crippen LogP contribution in [0.5, 0.6) is 5.88 Å². The molecule has 132 valence electrons. The number of amides is 2. The molecule has 1 aliphatic carbocycles. The van der Waals surface area contributed by atoms with Crippen LogP contribution in [0.3, 0.4) is 0 Å². The van der Waals surface area contributed by atoms with Gasteiger partial charge in [-0.1, -0.05) is 6.07 Å². The third-order valence-corrected chi connectivity index (χ3v) is 4.99. The molecular weight excluding hydrogens is 318 g/mol. The van der Waals surface area contributed by atoms with E-state index in [-0.39, 0.29) is 11.9 Å². The highest BCUT2D eigenvalue weighted by molar-refractivity contribution is 5.74. The number of rotatable bonds is 5. The summed E-state index contributed by atoms with van der Waals surface area (Å²) in [6, 6.07) is 5.97. The van der Waals surface area contributed by atoms with Crippen molar-refractivity contribution in [3.63, 3.8) is 0 Å². The number of pyridine rings is 1. The summed E-state index contributed by atoms with van der Waals surface area (Å²) < 4.78 is 5.34. The van der Waals surface area contributed by atoms with E-state index in [1.54, 1.807) is 13.3 Å². The number of methoxy groups -OCH3 is 1. The Balaban J connectivity index is 1.32. The van der Waals surface area contributed by atoms with E-state index in [0.29, 0.717) is 24.9 Å². The maximum atomic E-state index is 12.4. The van der Waals surface area contributed by atoms with Gasteiger partial charge >= 0.3 is 6.03 Å².